The molecule has 0 bridgehead atoms. The van der Waals surface area contributed by atoms with Crippen LogP contribution in [0.3, 0.4) is 0 Å². The highest BCUT2D eigenvalue weighted by Crippen LogP contribution is 2.25. The first-order valence-corrected chi connectivity index (χ1v) is 8.99. The fourth-order valence-corrected chi connectivity index (χ4v) is 3.29. The molecule has 0 amide bonds. The van der Waals surface area contributed by atoms with Gasteiger partial charge in [-0.2, -0.15) is 0 Å². The summed E-state index contributed by atoms with van der Waals surface area (Å²) in [4.78, 5) is 11.0. The lowest BCUT2D eigenvalue weighted by molar-refractivity contribution is 0.258. The number of pyridine rings is 1. The molecule has 1 aliphatic heterocycles. The minimum atomic E-state index is 0.686. The molecule has 0 spiro atoms. The second-order valence-electron chi connectivity index (χ2n) is 5.64. The third-order valence-corrected chi connectivity index (χ3v) is 4.81. The number of thioether (sulfide) groups is 1. The lowest BCUT2D eigenvalue weighted by atomic mass is 10.2. The van der Waals surface area contributed by atoms with E-state index in [9.17, 15) is 0 Å². The van der Waals surface area contributed by atoms with Gasteiger partial charge in [-0.05, 0) is 29.3 Å². The molecule has 3 rings (SSSR count). The Balaban J connectivity index is 1.53. The van der Waals surface area contributed by atoms with Crippen molar-refractivity contribution in [3.8, 4) is 11.5 Å². The predicted octanol–water partition coefficient (Wildman–Crippen LogP) is 2.71. The van der Waals surface area contributed by atoms with Crippen LogP contribution in [0.2, 0.25) is 0 Å². The second kappa shape index (κ2) is 8.73. The van der Waals surface area contributed by atoms with Gasteiger partial charge in [0.15, 0.2) is 5.17 Å². The molecule has 6 nitrogen and oxygen atoms in total. The summed E-state index contributed by atoms with van der Waals surface area (Å²) in [5.74, 6) is 2.41. The predicted molar refractivity (Wildman–Crippen MR) is 101 cm³/mol. The lowest BCUT2D eigenvalue weighted by Gasteiger charge is -2.26. The van der Waals surface area contributed by atoms with Crippen LogP contribution in [0.15, 0.2) is 47.7 Å². The Labute approximate surface area is 152 Å². The largest absolute Gasteiger partial charge is 0.497 e. The first-order chi connectivity index (χ1) is 12.3. The van der Waals surface area contributed by atoms with E-state index in [-0.39, 0.29) is 0 Å². The van der Waals surface area contributed by atoms with Crippen LogP contribution in [0.5, 0.6) is 11.5 Å². The third kappa shape index (κ3) is 5.11. The normalized spacial score (nSPS) is 14.6. The molecule has 0 saturated carbocycles. The number of benzene rings is 1. The van der Waals surface area contributed by atoms with Crippen molar-refractivity contribution in [3.63, 3.8) is 0 Å². The number of nitrogens with one attached hydrogen (secondary N) is 1. The van der Waals surface area contributed by atoms with Crippen molar-refractivity contribution in [2.45, 2.75) is 12.3 Å². The highest BCUT2D eigenvalue weighted by Gasteiger charge is 2.13. The molecule has 25 heavy (non-hydrogen) atoms. The minimum Gasteiger partial charge on any atom is -0.497 e. The summed E-state index contributed by atoms with van der Waals surface area (Å²) in [6.07, 6.45) is 3.68. The van der Waals surface area contributed by atoms with Crippen molar-refractivity contribution in [1.29, 1.82) is 0 Å². The van der Waals surface area contributed by atoms with E-state index in [1.807, 2.05) is 30.5 Å². The van der Waals surface area contributed by atoms with Crippen LogP contribution in [-0.2, 0) is 12.3 Å². The van der Waals surface area contributed by atoms with Crippen molar-refractivity contribution in [3.05, 3.63) is 53.9 Å². The fraction of sp³-hybridized carbons (Fsp3) is 0.333. The Morgan fingerprint density at radius 1 is 1.16 bits per heavy atom. The molecule has 0 atom stereocenters. The van der Waals surface area contributed by atoms with Crippen molar-refractivity contribution in [2.75, 3.05) is 27.6 Å². The Bertz CT molecular complexity index is 702. The zero-order chi connectivity index (χ0) is 17.5. The molecule has 0 aliphatic carbocycles. The van der Waals surface area contributed by atoms with Gasteiger partial charge in [-0.25, -0.2) is 4.99 Å². The number of methoxy groups -OCH3 is 2. The van der Waals surface area contributed by atoms with Gasteiger partial charge in [0.1, 0.15) is 11.5 Å². The number of aliphatic imine (C=N–C) groups is 1. The maximum Gasteiger partial charge on any atom is 0.159 e. The van der Waals surface area contributed by atoms with Crippen molar-refractivity contribution in [1.82, 2.24) is 15.2 Å². The zero-order valence-electron chi connectivity index (χ0n) is 14.4. The zero-order valence-corrected chi connectivity index (χ0v) is 15.3. The summed E-state index contributed by atoms with van der Waals surface area (Å²) in [5, 5.41) is 4.34. The molecule has 132 valence electrons. The third-order valence-electron chi connectivity index (χ3n) is 3.78. The molecule has 0 unspecified atom stereocenters. The number of nitrogens with zero attached hydrogens (tertiary/aromatic N) is 3. The minimum absolute atomic E-state index is 0.686. The number of aromatic nitrogens is 1. The highest BCUT2D eigenvalue weighted by atomic mass is 32.2. The number of ether oxygens (including phenoxy) is 2. The van der Waals surface area contributed by atoms with Crippen LogP contribution in [-0.4, -0.2) is 42.6 Å². The molecule has 1 N–H and O–H groups in total. The molecule has 2 aromatic rings. The molecular formula is C18H22N4O2S. The topological polar surface area (TPSA) is 59.0 Å². The molecule has 0 fully saturated rings. The Morgan fingerprint density at radius 2 is 1.96 bits per heavy atom. The van der Waals surface area contributed by atoms with Crippen LogP contribution >= 0.6 is 11.8 Å². The molecular weight excluding hydrogens is 336 g/mol. The van der Waals surface area contributed by atoms with Crippen molar-refractivity contribution < 1.29 is 9.47 Å². The number of hydrogen-bond donors (Lipinski definition) is 1. The van der Waals surface area contributed by atoms with Crippen LogP contribution in [0.4, 0.5) is 0 Å². The Kier molecular flexibility index (Phi) is 6.14. The van der Waals surface area contributed by atoms with Crippen LogP contribution in [0.1, 0.15) is 11.1 Å². The first kappa shape index (κ1) is 17.6. The first-order valence-electron chi connectivity index (χ1n) is 8.01. The van der Waals surface area contributed by atoms with Gasteiger partial charge < -0.3 is 14.8 Å². The highest BCUT2D eigenvalue weighted by molar-refractivity contribution is 8.13. The van der Waals surface area contributed by atoms with Gasteiger partial charge in [-0.3, -0.25) is 9.88 Å². The van der Waals surface area contributed by atoms with Crippen molar-refractivity contribution >= 4 is 16.9 Å². The Hall–Kier alpha value is -2.25. The van der Waals surface area contributed by atoms with E-state index in [0.29, 0.717) is 6.67 Å². The van der Waals surface area contributed by atoms with Gasteiger partial charge in [0, 0.05) is 30.8 Å². The fourth-order valence-electron chi connectivity index (χ4n) is 2.50. The molecule has 7 heteroatoms. The summed E-state index contributed by atoms with van der Waals surface area (Å²) in [5.41, 5.74) is 2.34. The number of hydrogen-bond acceptors (Lipinski definition) is 7. The van der Waals surface area contributed by atoms with Crippen LogP contribution in [0.25, 0.3) is 0 Å². The van der Waals surface area contributed by atoms with E-state index in [1.54, 1.807) is 32.2 Å². The number of amidine groups is 1. The van der Waals surface area contributed by atoms with Gasteiger partial charge in [-0.1, -0.05) is 17.8 Å². The Morgan fingerprint density at radius 3 is 2.56 bits per heavy atom. The van der Waals surface area contributed by atoms with Crippen molar-refractivity contribution in [2.24, 2.45) is 4.99 Å². The smallest absolute Gasteiger partial charge is 0.159 e. The maximum absolute atomic E-state index is 5.31. The summed E-state index contributed by atoms with van der Waals surface area (Å²) in [6.45, 7) is 2.31. The molecule has 1 aromatic heterocycles. The van der Waals surface area contributed by atoms with E-state index in [0.717, 1.165) is 41.2 Å². The lowest BCUT2D eigenvalue weighted by Crippen LogP contribution is -2.41. The summed E-state index contributed by atoms with van der Waals surface area (Å²) < 4.78 is 10.6. The van der Waals surface area contributed by atoms with Gasteiger partial charge in [0.2, 0.25) is 0 Å². The van der Waals surface area contributed by atoms with E-state index in [4.69, 9.17) is 9.47 Å². The van der Waals surface area contributed by atoms with Gasteiger partial charge in [0.05, 0.1) is 27.6 Å². The van der Waals surface area contributed by atoms with E-state index in [2.05, 4.69) is 26.3 Å². The van der Waals surface area contributed by atoms with Gasteiger partial charge in [-0.15, -0.1) is 0 Å². The quantitative estimate of drug-likeness (QED) is 0.857. The average Bonchev–Trinajstić information content (AvgIpc) is 2.68. The maximum atomic E-state index is 5.31. The second-order valence-corrected chi connectivity index (χ2v) is 6.60. The van der Waals surface area contributed by atoms with Gasteiger partial charge in [0.25, 0.3) is 0 Å². The molecule has 0 radical (unpaired) electrons. The van der Waals surface area contributed by atoms with E-state index in [1.165, 1.54) is 5.56 Å². The summed E-state index contributed by atoms with van der Waals surface area (Å²) in [7, 11) is 3.32. The van der Waals surface area contributed by atoms with Gasteiger partial charge >= 0.3 is 0 Å². The van der Waals surface area contributed by atoms with Crippen LogP contribution in [0, 0.1) is 0 Å². The number of rotatable bonds is 6. The van der Waals surface area contributed by atoms with Crippen LogP contribution < -0.4 is 14.8 Å². The molecule has 2 heterocycles. The summed E-state index contributed by atoms with van der Waals surface area (Å²) >= 11 is 1.69. The van der Waals surface area contributed by atoms with E-state index < -0.39 is 0 Å². The molecule has 0 saturated heterocycles. The SMILES string of the molecule is COc1cc(CSC2=NCN(Cc3cccnc3)CN2)cc(OC)c1. The van der Waals surface area contributed by atoms with E-state index >= 15 is 0 Å². The monoisotopic (exact) mass is 358 g/mol. The molecule has 1 aliphatic rings. The summed E-state index contributed by atoms with van der Waals surface area (Å²) in [6, 6.07) is 9.96. The average molecular weight is 358 g/mol. The molecule has 1 aromatic carbocycles. The standard InChI is InChI=1S/C18H22N4O2S/c1-23-16-6-15(7-17(8-16)24-2)11-25-18-20-12-22(13-21-18)10-14-4-3-5-19-9-14/h3-9H,10-13H2,1-2H3,(H,20,21).